The molecule has 0 bridgehead atoms. The van der Waals surface area contributed by atoms with Crippen LogP contribution in [0.25, 0.3) is 0 Å². The molecule has 1 fully saturated rings. The van der Waals surface area contributed by atoms with Crippen molar-refractivity contribution in [3.05, 3.63) is 47.5 Å². The minimum Gasteiger partial charge on any atom is -0.463 e. The molecule has 114 valence electrons. The smallest absolute Gasteiger partial charge is 0.334 e. The SMILES string of the molecule is CCOC(=O)C1=CCC2C(=O)N(Cc3ccccc3)C(=O)C12. The summed E-state index contributed by atoms with van der Waals surface area (Å²) in [4.78, 5) is 38.2. The molecule has 1 aromatic rings. The summed E-state index contributed by atoms with van der Waals surface area (Å²) in [5.41, 5.74) is 1.23. The number of benzene rings is 1. The molecule has 2 atom stereocenters. The summed E-state index contributed by atoms with van der Waals surface area (Å²) in [6.07, 6.45) is 2.09. The maximum absolute atomic E-state index is 12.6. The van der Waals surface area contributed by atoms with Crippen molar-refractivity contribution in [3.63, 3.8) is 0 Å². The number of nitrogens with zero attached hydrogens (tertiary/aromatic N) is 1. The van der Waals surface area contributed by atoms with E-state index in [1.54, 1.807) is 13.0 Å². The lowest BCUT2D eigenvalue weighted by molar-refractivity contribution is -0.143. The zero-order valence-corrected chi connectivity index (χ0v) is 12.3. The second-order valence-electron chi connectivity index (χ2n) is 5.45. The highest BCUT2D eigenvalue weighted by Crippen LogP contribution is 2.41. The predicted molar refractivity (Wildman–Crippen MR) is 78.3 cm³/mol. The second kappa shape index (κ2) is 5.75. The first-order valence-electron chi connectivity index (χ1n) is 7.39. The van der Waals surface area contributed by atoms with Crippen LogP contribution in [0.5, 0.6) is 0 Å². The van der Waals surface area contributed by atoms with E-state index in [9.17, 15) is 14.4 Å². The Labute approximate surface area is 128 Å². The van der Waals surface area contributed by atoms with Crippen molar-refractivity contribution in [2.45, 2.75) is 19.9 Å². The molecule has 0 aromatic heterocycles. The fourth-order valence-corrected chi connectivity index (χ4v) is 3.11. The summed E-state index contributed by atoms with van der Waals surface area (Å²) in [7, 11) is 0. The molecule has 3 rings (SSSR count). The molecule has 0 radical (unpaired) electrons. The third kappa shape index (κ3) is 2.32. The van der Waals surface area contributed by atoms with Gasteiger partial charge in [-0.3, -0.25) is 14.5 Å². The third-order valence-corrected chi connectivity index (χ3v) is 4.14. The second-order valence-corrected chi connectivity index (χ2v) is 5.45. The normalized spacial score (nSPS) is 23.5. The van der Waals surface area contributed by atoms with Crippen LogP contribution >= 0.6 is 0 Å². The molecule has 0 N–H and O–H groups in total. The number of imide groups is 1. The summed E-state index contributed by atoms with van der Waals surface area (Å²) in [5.74, 6) is -2.10. The van der Waals surface area contributed by atoms with E-state index in [1.807, 2.05) is 30.3 Å². The molecule has 5 nitrogen and oxygen atoms in total. The number of hydrogen-bond acceptors (Lipinski definition) is 4. The number of amides is 2. The van der Waals surface area contributed by atoms with Gasteiger partial charge in [-0.1, -0.05) is 36.4 Å². The van der Waals surface area contributed by atoms with Crippen LogP contribution in [0.2, 0.25) is 0 Å². The molecule has 0 saturated carbocycles. The van der Waals surface area contributed by atoms with Gasteiger partial charge in [0, 0.05) is 5.57 Å². The Kier molecular flexibility index (Phi) is 3.79. The molecule has 2 aliphatic rings. The van der Waals surface area contributed by atoms with Gasteiger partial charge in [0.15, 0.2) is 0 Å². The van der Waals surface area contributed by atoms with Crippen molar-refractivity contribution in [1.82, 2.24) is 4.90 Å². The molecular weight excluding hydrogens is 282 g/mol. The standard InChI is InChI=1S/C17H17NO4/c1-2-22-17(21)13-9-8-12-14(13)16(20)18(15(12)19)10-11-6-4-3-5-7-11/h3-7,9,12,14H,2,8,10H2,1H3. The van der Waals surface area contributed by atoms with Crippen molar-refractivity contribution >= 4 is 17.8 Å². The Balaban J connectivity index is 1.80. The van der Waals surface area contributed by atoms with Crippen LogP contribution in [-0.2, 0) is 25.7 Å². The molecule has 22 heavy (non-hydrogen) atoms. The van der Waals surface area contributed by atoms with Crippen LogP contribution in [0.3, 0.4) is 0 Å². The van der Waals surface area contributed by atoms with Crippen LogP contribution in [-0.4, -0.2) is 29.3 Å². The van der Waals surface area contributed by atoms with Gasteiger partial charge in [-0.15, -0.1) is 0 Å². The summed E-state index contributed by atoms with van der Waals surface area (Å²) < 4.78 is 4.98. The number of allylic oxidation sites excluding steroid dienone is 1. The van der Waals surface area contributed by atoms with E-state index < -0.39 is 17.8 Å². The lowest BCUT2D eigenvalue weighted by Crippen LogP contribution is -2.31. The predicted octanol–water partition coefficient (Wildman–Crippen LogP) is 1.68. The van der Waals surface area contributed by atoms with E-state index in [1.165, 1.54) is 4.90 Å². The van der Waals surface area contributed by atoms with Crippen molar-refractivity contribution in [2.75, 3.05) is 6.61 Å². The fraction of sp³-hybridized carbons (Fsp3) is 0.353. The van der Waals surface area contributed by atoms with E-state index in [0.29, 0.717) is 12.0 Å². The van der Waals surface area contributed by atoms with Gasteiger partial charge in [-0.2, -0.15) is 0 Å². The van der Waals surface area contributed by atoms with Crippen LogP contribution in [0.4, 0.5) is 0 Å². The van der Waals surface area contributed by atoms with Gasteiger partial charge in [-0.05, 0) is 18.9 Å². The molecular formula is C17H17NO4. The van der Waals surface area contributed by atoms with Crippen molar-refractivity contribution in [3.8, 4) is 0 Å². The largest absolute Gasteiger partial charge is 0.463 e. The third-order valence-electron chi connectivity index (χ3n) is 4.14. The summed E-state index contributed by atoms with van der Waals surface area (Å²) >= 11 is 0. The molecule has 2 unspecified atom stereocenters. The van der Waals surface area contributed by atoms with Gasteiger partial charge in [-0.25, -0.2) is 4.79 Å². The number of fused-ring (bicyclic) bond motifs is 1. The van der Waals surface area contributed by atoms with Crippen LogP contribution in [0, 0.1) is 11.8 Å². The minimum absolute atomic E-state index is 0.200. The summed E-state index contributed by atoms with van der Waals surface area (Å²) in [5, 5.41) is 0. The van der Waals surface area contributed by atoms with Gasteiger partial charge < -0.3 is 4.74 Å². The van der Waals surface area contributed by atoms with E-state index in [2.05, 4.69) is 0 Å². The Morgan fingerprint density at radius 2 is 1.95 bits per heavy atom. The number of rotatable bonds is 4. The number of ether oxygens (including phenoxy) is 1. The highest BCUT2D eigenvalue weighted by molar-refractivity contribution is 6.11. The molecule has 1 heterocycles. The first-order chi connectivity index (χ1) is 10.6. The molecule has 5 heteroatoms. The van der Waals surface area contributed by atoms with E-state index >= 15 is 0 Å². The highest BCUT2D eigenvalue weighted by atomic mass is 16.5. The van der Waals surface area contributed by atoms with Gasteiger partial charge in [0.2, 0.25) is 11.8 Å². The number of carbonyl (C=O) groups excluding carboxylic acids is 3. The zero-order valence-electron chi connectivity index (χ0n) is 12.3. The topological polar surface area (TPSA) is 63.7 Å². The maximum Gasteiger partial charge on any atom is 0.334 e. The van der Waals surface area contributed by atoms with Gasteiger partial charge in [0.1, 0.15) is 0 Å². The lowest BCUT2D eigenvalue weighted by Gasteiger charge is -2.16. The number of likely N-dealkylation sites (tertiary alicyclic amines) is 1. The first kappa shape index (κ1) is 14.5. The number of hydrogen-bond donors (Lipinski definition) is 0. The summed E-state index contributed by atoms with van der Waals surface area (Å²) in [6, 6.07) is 9.36. The van der Waals surface area contributed by atoms with Crippen LogP contribution in [0.1, 0.15) is 18.9 Å². The average molecular weight is 299 g/mol. The Morgan fingerprint density at radius 3 is 2.64 bits per heavy atom. The van der Waals surface area contributed by atoms with Crippen LogP contribution in [0.15, 0.2) is 42.0 Å². The van der Waals surface area contributed by atoms with Gasteiger partial charge in [0.05, 0.1) is 25.0 Å². The molecule has 2 amide bonds. The summed E-state index contributed by atoms with van der Waals surface area (Å²) in [6.45, 7) is 2.22. The first-order valence-corrected chi connectivity index (χ1v) is 7.39. The molecule has 0 spiro atoms. The highest BCUT2D eigenvalue weighted by Gasteiger charge is 2.52. The molecule has 1 saturated heterocycles. The van der Waals surface area contributed by atoms with Gasteiger partial charge in [0.25, 0.3) is 0 Å². The minimum atomic E-state index is -0.671. The quantitative estimate of drug-likeness (QED) is 0.627. The van der Waals surface area contributed by atoms with Crippen LogP contribution < -0.4 is 0 Å². The van der Waals surface area contributed by atoms with Crippen molar-refractivity contribution in [1.29, 1.82) is 0 Å². The number of carbonyl (C=O) groups is 3. The Bertz CT molecular complexity index is 650. The Morgan fingerprint density at radius 1 is 1.23 bits per heavy atom. The maximum atomic E-state index is 12.6. The monoisotopic (exact) mass is 299 g/mol. The van der Waals surface area contributed by atoms with Crippen molar-refractivity contribution in [2.24, 2.45) is 11.8 Å². The van der Waals surface area contributed by atoms with E-state index in [-0.39, 0.29) is 25.0 Å². The lowest BCUT2D eigenvalue weighted by atomic mass is 9.94. The molecule has 1 aliphatic carbocycles. The Hall–Kier alpha value is -2.43. The fourth-order valence-electron chi connectivity index (χ4n) is 3.11. The van der Waals surface area contributed by atoms with E-state index in [4.69, 9.17) is 4.74 Å². The zero-order chi connectivity index (χ0) is 15.7. The molecule has 1 aromatic carbocycles. The van der Waals surface area contributed by atoms with Gasteiger partial charge >= 0.3 is 5.97 Å². The van der Waals surface area contributed by atoms with Crippen molar-refractivity contribution < 1.29 is 19.1 Å². The van der Waals surface area contributed by atoms with E-state index in [0.717, 1.165) is 5.56 Å². The average Bonchev–Trinajstić information content (AvgIpc) is 3.05. The number of esters is 1. The molecule has 1 aliphatic heterocycles.